The van der Waals surface area contributed by atoms with Crippen LogP contribution < -0.4 is 20.1 Å². The minimum Gasteiger partial charge on any atom is -0.497 e. The Kier molecular flexibility index (Phi) is 7.48. The van der Waals surface area contributed by atoms with Crippen molar-refractivity contribution < 1.29 is 19.1 Å². The van der Waals surface area contributed by atoms with Crippen molar-refractivity contribution in [3.8, 4) is 11.5 Å². The number of hydrogen-bond donors (Lipinski definition) is 2. The van der Waals surface area contributed by atoms with Crippen LogP contribution in [0.15, 0.2) is 40.7 Å². The zero-order chi connectivity index (χ0) is 22.4. The summed E-state index contributed by atoms with van der Waals surface area (Å²) in [5.41, 5.74) is 3.28. The van der Waals surface area contributed by atoms with Crippen LogP contribution in [0.2, 0.25) is 0 Å². The van der Waals surface area contributed by atoms with E-state index in [-0.39, 0.29) is 17.6 Å². The zero-order valence-electron chi connectivity index (χ0n) is 17.5. The Bertz CT molecular complexity index is 1100. The standard InChI is InChI=1S/C21H22N4O4S2/c1-12-5-8-16(13(2)9-12)22-18(26)11-30-21-25-24-20(31-21)23-19(27)15-7-6-14(28-3)10-17(15)29-4/h5-10H,11H2,1-4H3,(H,22,26)(H,23,24,27). The van der Waals surface area contributed by atoms with Gasteiger partial charge in [-0.05, 0) is 37.6 Å². The van der Waals surface area contributed by atoms with Crippen LogP contribution in [0.3, 0.4) is 0 Å². The lowest BCUT2D eigenvalue weighted by Gasteiger charge is -2.09. The van der Waals surface area contributed by atoms with E-state index in [1.54, 1.807) is 18.2 Å². The summed E-state index contributed by atoms with van der Waals surface area (Å²) >= 11 is 2.45. The number of carbonyl (C=O) groups is 2. The number of nitrogens with one attached hydrogen (secondary N) is 2. The minimum absolute atomic E-state index is 0.138. The Balaban J connectivity index is 1.56. The predicted molar refractivity (Wildman–Crippen MR) is 123 cm³/mol. The Morgan fingerprint density at radius 3 is 2.55 bits per heavy atom. The van der Waals surface area contributed by atoms with E-state index in [4.69, 9.17) is 9.47 Å². The molecule has 2 amide bonds. The molecule has 1 heterocycles. The zero-order valence-corrected chi connectivity index (χ0v) is 19.1. The Morgan fingerprint density at radius 2 is 1.84 bits per heavy atom. The lowest BCUT2D eigenvalue weighted by Crippen LogP contribution is -2.14. The maximum Gasteiger partial charge on any atom is 0.261 e. The summed E-state index contributed by atoms with van der Waals surface area (Å²) < 4.78 is 11.0. The number of amides is 2. The first-order valence-electron chi connectivity index (χ1n) is 9.26. The first-order chi connectivity index (χ1) is 14.9. The van der Waals surface area contributed by atoms with Gasteiger partial charge in [0, 0.05) is 11.8 Å². The fraction of sp³-hybridized carbons (Fsp3) is 0.238. The molecule has 8 nitrogen and oxygen atoms in total. The summed E-state index contributed by atoms with van der Waals surface area (Å²) in [7, 11) is 3.02. The van der Waals surface area contributed by atoms with Gasteiger partial charge >= 0.3 is 0 Å². The second kappa shape index (κ2) is 10.3. The van der Waals surface area contributed by atoms with E-state index < -0.39 is 0 Å². The second-order valence-corrected chi connectivity index (χ2v) is 8.75. The molecule has 3 rings (SSSR count). The van der Waals surface area contributed by atoms with Crippen molar-refractivity contribution in [3.05, 3.63) is 53.1 Å². The molecule has 0 saturated carbocycles. The van der Waals surface area contributed by atoms with Gasteiger partial charge < -0.3 is 14.8 Å². The number of methoxy groups -OCH3 is 2. The van der Waals surface area contributed by atoms with Crippen LogP contribution in [0, 0.1) is 13.8 Å². The van der Waals surface area contributed by atoms with Gasteiger partial charge in [0.2, 0.25) is 11.0 Å². The van der Waals surface area contributed by atoms with Gasteiger partial charge in [0.25, 0.3) is 5.91 Å². The molecule has 3 aromatic rings. The highest BCUT2D eigenvalue weighted by atomic mass is 32.2. The second-order valence-electron chi connectivity index (χ2n) is 6.55. The number of thioether (sulfide) groups is 1. The van der Waals surface area contributed by atoms with E-state index in [0.29, 0.717) is 26.5 Å². The third-order valence-corrected chi connectivity index (χ3v) is 6.23. The molecule has 10 heteroatoms. The molecule has 0 spiro atoms. The Hall–Kier alpha value is -3.11. The van der Waals surface area contributed by atoms with E-state index in [1.165, 1.54) is 37.3 Å². The lowest BCUT2D eigenvalue weighted by atomic mass is 10.1. The molecular formula is C21H22N4O4S2. The van der Waals surface area contributed by atoms with Crippen molar-refractivity contribution in [2.24, 2.45) is 0 Å². The molecule has 0 aliphatic rings. The van der Waals surface area contributed by atoms with Crippen molar-refractivity contribution in [2.75, 3.05) is 30.6 Å². The van der Waals surface area contributed by atoms with Crippen molar-refractivity contribution in [2.45, 2.75) is 18.2 Å². The maximum absolute atomic E-state index is 12.6. The summed E-state index contributed by atoms with van der Waals surface area (Å²) in [6.45, 7) is 3.96. The topological polar surface area (TPSA) is 102 Å². The van der Waals surface area contributed by atoms with Crippen LogP contribution in [-0.4, -0.2) is 42.0 Å². The van der Waals surface area contributed by atoms with Crippen LogP contribution in [0.1, 0.15) is 21.5 Å². The number of anilines is 2. The maximum atomic E-state index is 12.6. The summed E-state index contributed by atoms with van der Waals surface area (Å²) in [6, 6.07) is 10.8. The Morgan fingerprint density at radius 1 is 1.03 bits per heavy atom. The van der Waals surface area contributed by atoms with Crippen molar-refractivity contribution in [1.29, 1.82) is 0 Å². The molecule has 2 aromatic carbocycles. The molecule has 0 radical (unpaired) electrons. The van der Waals surface area contributed by atoms with E-state index in [2.05, 4.69) is 20.8 Å². The molecule has 31 heavy (non-hydrogen) atoms. The fourth-order valence-electron chi connectivity index (χ4n) is 2.74. The molecule has 0 unspecified atom stereocenters. The van der Waals surface area contributed by atoms with Gasteiger partial charge in [-0.15, -0.1) is 10.2 Å². The average molecular weight is 459 g/mol. The highest BCUT2D eigenvalue weighted by Crippen LogP contribution is 2.28. The molecule has 0 fully saturated rings. The van der Waals surface area contributed by atoms with E-state index in [1.807, 2.05) is 32.0 Å². The molecule has 0 aliphatic carbocycles. The van der Waals surface area contributed by atoms with Gasteiger partial charge in [-0.2, -0.15) is 0 Å². The van der Waals surface area contributed by atoms with Crippen LogP contribution in [0.5, 0.6) is 11.5 Å². The van der Waals surface area contributed by atoms with Crippen molar-refractivity contribution >= 4 is 45.7 Å². The van der Waals surface area contributed by atoms with Crippen LogP contribution in [-0.2, 0) is 4.79 Å². The van der Waals surface area contributed by atoms with Crippen LogP contribution in [0.25, 0.3) is 0 Å². The van der Waals surface area contributed by atoms with E-state index >= 15 is 0 Å². The third-order valence-electron chi connectivity index (χ3n) is 4.26. The number of aromatic nitrogens is 2. The number of ether oxygens (including phenoxy) is 2. The van der Waals surface area contributed by atoms with Crippen LogP contribution in [0.4, 0.5) is 10.8 Å². The fourth-order valence-corrected chi connectivity index (χ4v) is 4.28. The number of carbonyl (C=O) groups excluding carboxylic acids is 2. The summed E-state index contributed by atoms with van der Waals surface area (Å²) in [6.07, 6.45) is 0. The van der Waals surface area contributed by atoms with Gasteiger partial charge in [0.15, 0.2) is 4.34 Å². The number of nitrogens with zero attached hydrogens (tertiary/aromatic N) is 2. The number of benzene rings is 2. The molecule has 162 valence electrons. The van der Waals surface area contributed by atoms with Gasteiger partial charge in [-0.25, -0.2) is 0 Å². The van der Waals surface area contributed by atoms with Crippen LogP contribution >= 0.6 is 23.1 Å². The molecule has 0 saturated heterocycles. The predicted octanol–water partition coefficient (Wildman–Crippen LogP) is 4.16. The lowest BCUT2D eigenvalue weighted by molar-refractivity contribution is -0.113. The van der Waals surface area contributed by atoms with Gasteiger partial charge in [-0.3, -0.25) is 14.9 Å². The quantitative estimate of drug-likeness (QED) is 0.386. The number of rotatable bonds is 8. The van der Waals surface area contributed by atoms with Crippen molar-refractivity contribution in [1.82, 2.24) is 10.2 Å². The molecular weight excluding hydrogens is 436 g/mol. The number of aryl methyl sites for hydroxylation is 2. The molecule has 2 N–H and O–H groups in total. The monoisotopic (exact) mass is 458 g/mol. The third kappa shape index (κ3) is 5.96. The summed E-state index contributed by atoms with van der Waals surface area (Å²) in [4.78, 5) is 24.8. The summed E-state index contributed by atoms with van der Waals surface area (Å²) in [5.74, 6) is 0.643. The molecule has 1 aromatic heterocycles. The number of hydrogen-bond acceptors (Lipinski definition) is 8. The van der Waals surface area contributed by atoms with E-state index in [0.717, 1.165) is 16.8 Å². The molecule has 0 aliphatic heterocycles. The SMILES string of the molecule is COc1ccc(C(=O)Nc2nnc(SCC(=O)Nc3ccc(C)cc3C)s2)c(OC)c1. The highest BCUT2D eigenvalue weighted by Gasteiger charge is 2.16. The van der Waals surface area contributed by atoms with Gasteiger partial charge in [-0.1, -0.05) is 40.8 Å². The first-order valence-corrected chi connectivity index (χ1v) is 11.1. The largest absolute Gasteiger partial charge is 0.497 e. The average Bonchev–Trinajstić information content (AvgIpc) is 3.21. The Labute approximate surface area is 188 Å². The smallest absolute Gasteiger partial charge is 0.261 e. The van der Waals surface area contributed by atoms with Gasteiger partial charge in [0.05, 0.1) is 25.5 Å². The minimum atomic E-state index is -0.375. The molecule has 0 atom stereocenters. The molecule has 0 bridgehead atoms. The van der Waals surface area contributed by atoms with E-state index in [9.17, 15) is 9.59 Å². The summed E-state index contributed by atoms with van der Waals surface area (Å²) in [5, 5.41) is 13.9. The normalized spacial score (nSPS) is 10.5. The first kappa shape index (κ1) is 22.6. The van der Waals surface area contributed by atoms with Gasteiger partial charge in [0.1, 0.15) is 11.5 Å². The highest BCUT2D eigenvalue weighted by molar-refractivity contribution is 8.01. The van der Waals surface area contributed by atoms with Crippen molar-refractivity contribution in [3.63, 3.8) is 0 Å².